The van der Waals surface area contributed by atoms with E-state index >= 15 is 0 Å². The number of nitro benzene ring substituents is 1. The number of benzene rings is 2. The second-order valence-corrected chi connectivity index (χ2v) is 7.38. The number of rotatable bonds is 3. The van der Waals surface area contributed by atoms with Gasteiger partial charge in [-0.05, 0) is 48.4 Å². The lowest BCUT2D eigenvalue weighted by atomic mass is 10.2. The maximum Gasteiger partial charge on any atom is 0.270 e. The van der Waals surface area contributed by atoms with Gasteiger partial charge in [0.2, 0.25) is 0 Å². The molecule has 25 heavy (non-hydrogen) atoms. The molecule has 2 aromatic carbocycles. The van der Waals surface area contributed by atoms with Crippen LogP contribution in [0.15, 0.2) is 47.4 Å². The number of aryl methyl sites for hydroxylation is 1. The smallest absolute Gasteiger partial charge is 0.268 e. The quantitative estimate of drug-likeness (QED) is 0.320. The van der Waals surface area contributed by atoms with Crippen molar-refractivity contribution in [1.29, 1.82) is 0 Å². The highest BCUT2D eigenvalue weighted by Crippen LogP contribution is 2.37. The monoisotopic (exact) mass is 390 g/mol. The van der Waals surface area contributed by atoms with Gasteiger partial charge >= 0.3 is 0 Å². The number of anilines is 1. The fourth-order valence-electron chi connectivity index (χ4n) is 2.25. The van der Waals surface area contributed by atoms with Crippen molar-refractivity contribution < 1.29 is 9.72 Å². The van der Waals surface area contributed by atoms with E-state index in [2.05, 4.69) is 0 Å². The van der Waals surface area contributed by atoms with Crippen LogP contribution >= 0.6 is 35.6 Å². The van der Waals surface area contributed by atoms with Crippen LogP contribution in [0.1, 0.15) is 11.1 Å². The first kappa shape index (κ1) is 17.6. The molecule has 0 radical (unpaired) electrons. The molecule has 1 saturated heterocycles. The molecule has 5 nitrogen and oxygen atoms in total. The summed E-state index contributed by atoms with van der Waals surface area (Å²) >= 11 is 12.6. The Balaban J connectivity index is 1.90. The Hall–Kier alpha value is -2.22. The third-order valence-corrected chi connectivity index (χ3v) is 5.32. The normalized spacial score (nSPS) is 15.9. The number of thioether (sulfide) groups is 1. The number of thiocarbonyl (C=S) groups is 1. The summed E-state index contributed by atoms with van der Waals surface area (Å²) < 4.78 is 0.415. The van der Waals surface area contributed by atoms with Crippen LogP contribution in [0, 0.1) is 17.0 Å². The number of non-ortho nitro benzene ring substituents is 1. The first-order valence-corrected chi connectivity index (χ1v) is 8.75. The Morgan fingerprint density at radius 1 is 1.24 bits per heavy atom. The van der Waals surface area contributed by atoms with E-state index in [1.165, 1.54) is 28.8 Å². The minimum atomic E-state index is -0.468. The maximum absolute atomic E-state index is 12.7. The van der Waals surface area contributed by atoms with E-state index in [-0.39, 0.29) is 11.6 Å². The van der Waals surface area contributed by atoms with Crippen LogP contribution in [-0.4, -0.2) is 15.2 Å². The summed E-state index contributed by atoms with van der Waals surface area (Å²) in [7, 11) is 0. The summed E-state index contributed by atoms with van der Waals surface area (Å²) in [5.74, 6) is -0.242. The van der Waals surface area contributed by atoms with Gasteiger partial charge in [-0.2, -0.15) is 0 Å². The molecule has 0 N–H and O–H groups in total. The van der Waals surface area contributed by atoms with Gasteiger partial charge in [0.25, 0.3) is 11.6 Å². The van der Waals surface area contributed by atoms with Crippen molar-refractivity contribution in [2.24, 2.45) is 0 Å². The van der Waals surface area contributed by atoms with E-state index in [1.54, 1.807) is 30.3 Å². The predicted octanol–water partition coefficient (Wildman–Crippen LogP) is 4.96. The van der Waals surface area contributed by atoms with Gasteiger partial charge in [-0.1, -0.05) is 41.6 Å². The molecule has 0 saturated carbocycles. The summed E-state index contributed by atoms with van der Waals surface area (Å²) in [5.41, 5.74) is 2.22. The van der Waals surface area contributed by atoms with Crippen LogP contribution in [-0.2, 0) is 4.79 Å². The largest absolute Gasteiger partial charge is 0.270 e. The van der Waals surface area contributed by atoms with E-state index in [0.717, 1.165) is 5.56 Å². The highest BCUT2D eigenvalue weighted by Gasteiger charge is 2.33. The van der Waals surface area contributed by atoms with Gasteiger partial charge in [-0.3, -0.25) is 19.8 Å². The van der Waals surface area contributed by atoms with E-state index in [1.807, 2.05) is 13.0 Å². The van der Waals surface area contributed by atoms with Crippen molar-refractivity contribution in [1.82, 2.24) is 0 Å². The molecule has 1 heterocycles. The molecule has 0 atom stereocenters. The zero-order valence-electron chi connectivity index (χ0n) is 12.9. The highest BCUT2D eigenvalue weighted by atomic mass is 35.5. The van der Waals surface area contributed by atoms with Gasteiger partial charge in [-0.15, -0.1) is 0 Å². The molecular formula is C17H11ClN2O3S2. The van der Waals surface area contributed by atoms with Crippen LogP contribution in [0.2, 0.25) is 5.02 Å². The minimum absolute atomic E-state index is 0.000929. The fourth-order valence-corrected chi connectivity index (χ4v) is 3.73. The SMILES string of the molecule is Cc1ccc(N2C(=O)/C(=C/c3ccc([N+](=O)[O-])cc3)SC2=S)cc1Cl. The van der Waals surface area contributed by atoms with Crippen LogP contribution in [0.5, 0.6) is 0 Å². The summed E-state index contributed by atoms with van der Waals surface area (Å²) in [6, 6.07) is 11.3. The molecule has 126 valence electrons. The molecule has 0 bridgehead atoms. The number of halogens is 1. The number of nitro groups is 1. The molecule has 0 spiro atoms. The van der Waals surface area contributed by atoms with Crippen LogP contribution in [0.4, 0.5) is 11.4 Å². The molecule has 1 amide bonds. The van der Waals surface area contributed by atoms with E-state index in [0.29, 0.717) is 25.5 Å². The average Bonchev–Trinajstić information content (AvgIpc) is 2.85. The molecule has 0 unspecified atom stereocenters. The molecular weight excluding hydrogens is 380 g/mol. The van der Waals surface area contributed by atoms with Gasteiger partial charge in [0.15, 0.2) is 4.32 Å². The maximum atomic E-state index is 12.7. The summed E-state index contributed by atoms with van der Waals surface area (Å²) in [6.45, 7) is 1.88. The number of hydrogen-bond acceptors (Lipinski definition) is 5. The molecule has 1 fully saturated rings. The first-order chi connectivity index (χ1) is 11.9. The van der Waals surface area contributed by atoms with E-state index < -0.39 is 4.92 Å². The van der Waals surface area contributed by atoms with Crippen molar-refractivity contribution in [3.8, 4) is 0 Å². The number of amides is 1. The van der Waals surface area contributed by atoms with Crippen LogP contribution in [0.25, 0.3) is 6.08 Å². The standard InChI is InChI=1S/C17H11ClN2O3S2/c1-10-2-5-13(9-14(10)18)19-16(21)15(25-17(19)24)8-11-3-6-12(7-4-11)20(22)23/h2-9H,1H3/b15-8-. The Labute approximate surface area is 158 Å². The van der Waals surface area contributed by atoms with E-state index in [9.17, 15) is 14.9 Å². The third-order valence-electron chi connectivity index (χ3n) is 3.61. The van der Waals surface area contributed by atoms with Crippen molar-refractivity contribution in [3.05, 3.63) is 73.6 Å². The van der Waals surface area contributed by atoms with Crippen molar-refractivity contribution in [2.75, 3.05) is 4.90 Å². The Morgan fingerprint density at radius 3 is 2.52 bits per heavy atom. The van der Waals surface area contributed by atoms with Gasteiger partial charge in [0, 0.05) is 17.2 Å². The Bertz CT molecular complexity index is 926. The van der Waals surface area contributed by atoms with Gasteiger partial charge in [0.05, 0.1) is 15.5 Å². The molecule has 3 rings (SSSR count). The second kappa shape index (κ2) is 6.95. The number of nitrogens with zero attached hydrogens (tertiary/aromatic N) is 2. The van der Waals surface area contributed by atoms with Gasteiger partial charge in [0.1, 0.15) is 0 Å². The number of hydrogen-bond donors (Lipinski definition) is 0. The molecule has 0 aromatic heterocycles. The minimum Gasteiger partial charge on any atom is -0.268 e. The van der Waals surface area contributed by atoms with Crippen molar-refractivity contribution in [2.45, 2.75) is 6.92 Å². The van der Waals surface area contributed by atoms with Crippen LogP contribution < -0.4 is 4.90 Å². The Kier molecular flexibility index (Phi) is 4.89. The lowest BCUT2D eigenvalue weighted by molar-refractivity contribution is -0.384. The lowest BCUT2D eigenvalue weighted by Crippen LogP contribution is -2.27. The molecule has 0 aliphatic carbocycles. The molecule has 8 heteroatoms. The predicted molar refractivity (Wildman–Crippen MR) is 105 cm³/mol. The topological polar surface area (TPSA) is 63.5 Å². The Morgan fingerprint density at radius 2 is 1.92 bits per heavy atom. The highest BCUT2D eigenvalue weighted by molar-refractivity contribution is 8.27. The second-order valence-electron chi connectivity index (χ2n) is 5.30. The van der Waals surface area contributed by atoms with E-state index in [4.69, 9.17) is 23.8 Å². The van der Waals surface area contributed by atoms with Crippen molar-refractivity contribution >= 4 is 63.3 Å². The fraction of sp³-hybridized carbons (Fsp3) is 0.0588. The zero-order chi connectivity index (χ0) is 18.1. The average molecular weight is 391 g/mol. The number of carbonyl (C=O) groups excluding carboxylic acids is 1. The van der Waals surface area contributed by atoms with Gasteiger partial charge < -0.3 is 0 Å². The zero-order valence-corrected chi connectivity index (χ0v) is 15.3. The number of carbonyl (C=O) groups is 1. The van der Waals surface area contributed by atoms with Gasteiger partial charge in [-0.25, -0.2) is 0 Å². The summed E-state index contributed by atoms with van der Waals surface area (Å²) in [5, 5.41) is 11.3. The van der Waals surface area contributed by atoms with Crippen LogP contribution in [0.3, 0.4) is 0 Å². The lowest BCUT2D eigenvalue weighted by Gasteiger charge is -2.15. The summed E-state index contributed by atoms with van der Waals surface area (Å²) in [4.78, 5) is 24.8. The first-order valence-electron chi connectivity index (χ1n) is 7.15. The molecule has 1 aliphatic rings. The summed E-state index contributed by atoms with van der Waals surface area (Å²) in [6.07, 6.45) is 1.67. The van der Waals surface area contributed by atoms with Crippen molar-refractivity contribution in [3.63, 3.8) is 0 Å². The molecule has 1 aliphatic heterocycles. The molecule has 2 aromatic rings. The third kappa shape index (κ3) is 3.58.